The number of hydrogen-bond donors (Lipinski definition) is 0. The van der Waals surface area contributed by atoms with E-state index in [0.29, 0.717) is 0 Å². The Bertz CT molecular complexity index is 265. The minimum Gasteiger partial charge on any atom is -0.217 e. The standard InChI is InChI=1S/C4H2Br4O2S/c5-1-3(7)11(9,10)4(8)2-6/h1-2H/b3-1+,4-2+. The summed E-state index contributed by atoms with van der Waals surface area (Å²) in [5.74, 6) is 0. The molecular weight excluding hydrogens is 432 g/mol. The van der Waals surface area contributed by atoms with E-state index in [1.165, 1.54) is 9.97 Å². The molecule has 0 saturated carbocycles. The van der Waals surface area contributed by atoms with Gasteiger partial charge in [-0.25, -0.2) is 8.42 Å². The van der Waals surface area contributed by atoms with E-state index in [-0.39, 0.29) is 7.63 Å². The van der Waals surface area contributed by atoms with Gasteiger partial charge in [0.15, 0.2) is 0 Å². The largest absolute Gasteiger partial charge is 0.220 e. The Kier molecular flexibility index (Phi) is 5.79. The quantitative estimate of drug-likeness (QED) is 0.667. The Balaban J connectivity index is 5.09. The third-order valence-electron chi connectivity index (χ3n) is 0.685. The van der Waals surface area contributed by atoms with Crippen molar-refractivity contribution >= 4 is 73.6 Å². The van der Waals surface area contributed by atoms with Crippen molar-refractivity contribution in [2.24, 2.45) is 0 Å². The van der Waals surface area contributed by atoms with Gasteiger partial charge in [0, 0.05) is 9.97 Å². The highest BCUT2D eigenvalue weighted by Gasteiger charge is 2.18. The maximum absolute atomic E-state index is 11.2. The summed E-state index contributed by atoms with van der Waals surface area (Å²) in [4.78, 5) is 2.56. The van der Waals surface area contributed by atoms with Gasteiger partial charge in [0.05, 0.1) is 0 Å². The molecule has 0 amide bonds. The summed E-state index contributed by atoms with van der Waals surface area (Å²) < 4.78 is 22.5. The number of hydrogen-bond acceptors (Lipinski definition) is 2. The van der Waals surface area contributed by atoms with Crippen LogP contribution in [0, 0.1) is 0 Å². The zero-order chi connectivity index (χ0) is 9.07. The summed E-state index contributed by atoms with van der Waals surface area (Å²) >= 11 is 11.5. The third-order valence-corrected chi connectivity index (χ3v) is 7.71. The molecule has 0 radical (unpaired) electrons. The normalized spacial score (nSPS) is 15.3. The SMILES string of the molecule is O=S(=O)(/C(Br)=C/Br)/C(Br)=C/Br. The fraction of sp³-hybridized carbons (Fsp3) is 0. The third kappa shape index (κ3) is 3.30. The highest BCUT2D eigenvalue weighted by atomic mass is 79.9. The molecule has 2 nitrogen and oxygen atoms in total. The molecule has 0 saturated heterocycles. The van der Waals surface area contributed by atoms with Gasteiger partial charge in [0.1, 0.15) is 7.63 Å². The van der Waals surface area contributed by atoms with Crippen molar-refractivity contribution < 1.29 is 8.42 Å². The summed E-state index contributed by atoms with van der Waals surface area (Å²) in [5.41, 5.74) is 0. The first-order valence-corrected chi connectivity index (χ1v) is 7.03. The van der Waals surface area contributed by atoms with Gasteiger partial charge in [-0.05, 0) is 31.9 Å². The number of rotatable bonds is 2. The van der Waals surface area contributed by atoms with Crippen LogP contribution in [0.3, 0.4) is 0 Å². The predicted octanol–water partition coefficient (Wildman–Crippen LogP) is 3.58. The monoisotopic (exact) mass is 430 g/mol. The van der Waals surface area contributed by atoms with Gasteiger partial charge in [0.2, 0.25) is 9.84 Å². The molecule has 0 atom stereocenters. The number of sulfone groups is 1. The van der Waals surface area contributed by atoms with E-state index in [4.69, 9.17) is 0 Å². The van der Waals surface area contributed by atoms with Crippen LogP contribution >= 0.6 is 63.7 Å². The fourth-order valence-electron chi connectivity index (χ4n) is 0.210. The zero-order valence-electron chi connectivity index (χ0n) is 4.89. The molecule has 0 N–H and O–H groups in total. The van der Waals surface area contributed by atoms with E-state index in [2.05, 4.69) is 63.7 Å². The Morgan fingerprint density at radius 3 is 1.45 bits per heavy atom. The van der Waals surface area contributed by atoms with Crippen molar-refractivity contribution in [1.82, 2.24) is 0 Å². The first-order chi connectivity index (χ1) is 4.96. The molecule has 0 aliphatic carbocycles. The Labute approximate surface area is 98.6 Å². The smallest absolute Gasteiger partial charge is 0.217 e. The van der Waals surface area contributed by atoms with Crippen LogP contribution in [0.1, 0.15) is 0 Å². The molecule has 11 heavy (non-hydrogen) atoms. The van der Waals surface area contributed by atoms with Crippen molar-refractivity contribution in [3.05, 3.63) is 17.6 Å². The molecule has 0 aliphatic heterocycles. The van der Waals surface area contributed by atoms with Crippen molar-refractivity contribution in [1.29, 1.82) is 0 Å². The average Bonchev–Trinajstić information content (AvgIpc) is 2.01. The summed E-state index contributed by atoms with van der Waals surface area (Å²) in [5, 5.41) is 0. The van der Waals surface area contributed by atoms with Gasteiger partial charge >= 0.3 is 0 Å². The Hall–Kier alpha value is 1.35. The van der Waals surface area contributed by atoms with Crippen molar-refractivity contribution in [3.8, 4) is 0 Å². The molecule has 0 spiro atoms. The van der Waals surface area contributed by atoms with Gasteiger partial charge in [-0.15, -0.1) is 0 Å². The summed E-state index contributed by atoms with van der Waals surface area (Å²) in [7, 11) is -3.38. The second-order valence-corrected chi connectivity index (χ2v) is 6.89. The predicted molar refractivity (Wildman–Crippen MR) is 60.8 cm³/mol. The lowest BCUT2D eigenvalue weighted by Gasteiger charge is -1.97. The van der Waals surface area contributed by atoms with Gasteiger partial charge < -0.3 is 0 Å². The minimum atomic E-state index is -3.38. The first-order valence-electron chi connectivity index (χ1n) is 2.13. The molecule has 0 fully saturated rings. The van der Waals surface area contributed by atoms with E-state index in [1.54, 1.807) is 0 Å². The molecule has 0 heterocycles. The topological polar surface area (TPSA) is 34.1 Å². The Morgan fingerprint density at radius 1 is 1.00 bits per heavy atom. The molecule has 7 heteroatoms. The van der Waals surface area contributed by atoms with Gasteiger partial charge in [-0.1, -0.05) is 31.9 Å². The summed E-state index contributed by atoms with van der Waals surface area (Å²) in [6.45, 7) is 0. The van der Waals surface area contributed by atoms with Crippen LogP contribution in [0.15, 0.2) is 17.6 Å². The van der Waals surface area contributed by atoms with Crippen molar-refractivity contribution in [2.75, 3.05) is 0 Å². The van der Waals surface area contributed by atoms with Crippen LogP contribution in [-0.4, -0.2) is 8.42 Å². The molecule has 0 bridgehead atoms. The van der Waals surface area contributed by atoms with Crippen molar-refractivity contribution in [2.45, 2.75) is 0 Å². The van der Waals surface area contributed by atoms with Crippen molar-refractivity contribution in [3.63, 3.8) is 0 Å². The molecule has 64 valence electrons. The minimum absolute atomic E-state index is 0.0626. The van der Waals surface area contributed by atoms with Gasteiger partial charge in [0.25, 0.3) is 0 Å². The molecule has 0 aromatic carbocycles. The van der Waals surface area contributed by atoms with Crippen LogP contribution < -0.4 is 0 Å². The highest BCUT2D eigenvalue weighted by molar-refractivity contribution is 9.17. The molecule has 0 unspecified atom stereocenters. The number of halogens is 4. The van der Waals surface area contributed by atoms with Gasteiger partial charge in [-0.2, -0.15) is 0 Å². The van der Waals surface area contributed by atoms with E-state index in [0.717, 1.165) is 0 Å². The van der Waals surface area contributed by atoms with E-state index in [1.807, 2.05) is 0 Å². The van der Waals surface area contributed by atoms with E-state index in [9.17, 15) is 8.42 Å². The van der Waals surface area contributed by atoms with E-state index < -0.39 is 9.84 Å². The van der Waals surface area contributed by atoms with Crippen LogP contribution in [0.2, 0.25) is 0 Å². The van der Waals surface area contributed by atoms with Crippen LogP contribution in [-0.2, 0) is 9.84 Å². The van der Waals surface area contributed by atoms with E-state index >= 15 is 0 Å². The lowest BCUT2D eigenvalue weighted by molar-refractivity contribution is 0.612. The molecule has 0 aromatic heterocycles. The molecule has 0 aromatic rings. The van der Waals surface area contributed by atoms with Gasteiger partial charge in [-0.3, -0.25) is 0 Å². The van der Waals surface area contributed by atoms with Crippen LogP contribution in [0.5, 0.6) is 0 Å². The molecular formula is C4H2Br4O2S. The second-order valence-electron chi connectivity index (χ2n) is 1.33. The molecule has 0 rings (SSSR count). The fourth-order valence-corrected chi connectivity index (χ4v) is 3.81. The molecule has 0 aliphatic rings. The first kappa shape index (κ1) is 12.3. The lowest BCUT2D eigenvalue weighted by atomic mass is 11.2. The Morgan fingerprint density at radius 2 is 1.27 bits per heavy atom. The summed E-state index contributed by atoms with van der Waals surface area (Å²) in [6.07, 6.45) is 0. The van der Waals surface area contributed by atoms with Crippen LogP contribution in [0.4, 0.5) is 0 Å². The zero-order valence-corrected chi connectivity index (χ0v) is 12.1. The second kappa shape index (κ2) is 5.16. The van der Waals surface area contributed by atoms with Crippen LogP contribution in [0.25, 0.3) is 0 Å². The maximum Gasteiger partial charge on any atom is 0.220 e. The lowest BCUT2D eigenvalue weighted by Crippen LogP contribution is -1.96. The average molecular weight is 434 g/mol. The summed E-state index contributed by atoms with van der Waals surface area (Å²) in [6, 6.07) is 0. The maximum atomic E-state index is 11.2. The highest BCUT2D eigenvalue weighted by Crippen LogP contribution is 2.28.